The molecular weight excluding hydrogens is 438 g/mol. The molecule has 1 aliphatic carbocycles. The van der Waals surface area contributed by atoms with Gasteiger partial charge in [-0.1, -0.05) is 6.07 Å². The minimum atomic E-state index is -0.0260. The Hall–Kier alpha value is -4.07. The first-order valence-electron chi connectivity index (χ1n) is 12.3. The lowest BCUT2D eigenvalue weighted by atomic mass is 10.1. The van der Waals surface area contributed by atoms with Gasteiger partial charge in [-0.2, -0.15) is 0 Å². The lowest BCUT2D eigenvalue weighted by Gasteiger charge is -2.36. The van der Waals surface area contributed by atoms with Crippen LogP contribution in [-0.4, -0.2) is 52.7 Å². The molecule has 1 amide bonds. The Morgan fingerprint density at radius 2 is 1.80 bits per heavy atom. The van der Waals surface area contributed by atoms with E-state index in [0.717, 1.165) is 65.8 Å². The average Bonchev–Trinajstić information content (AvgIpc) is 3.66. The number of piperazine rings is 1. The van der Waals surface area contributed by atoms with E-state index in [1.54, 1.807) is 0 Å². The number of hydrogen-bond acceptors (Lipinski definition) is 6. The number of imidazole rings is 1. The Morgan fingerprint density at radius 3 is 2.60 bits per heavy atom. The van der Waals surface area contributed by atoms with Crippen molar-refractivity contribution in [1.29, 1.82) is 0 Å². The smallest absolute Gasteiger partial charge is 0.244 e. The molecular formula is C27H27N7O. The first-order chi connectivity index (χ1) is 17.2. The summed E-state index contributed by atoms with van der Waals surface area (Å²) in [6.45, 7) is 3.97. The number of amides is 1. The highest BCUT2D eigenvalue weighted by Crippen LogP contribution is 2.37. The molecule has 0 bridgehead atoms. The third-order valence-corrected chi connectivity index (χ3v) is 7.13. The first kappa shape index (κ1) is 20.3. The summed E-state index contributed by atoms with van der Waals surface area (Å²) < 4.78 is 2.04. The van der Waals surface area contributed by atoms with Gasteiger partial charge in [-0.25, -0.2) is 9.97 Å². The van der Waals surface area contributed by atoms with Gasteiger partial charge in [0.1, 0.15) is 18.2 Å². The van der Waals surface area contributed by atoms with E-state index in [0.29, 0.717) is 6.04 Å². The van der Waals surface area contributed by atoms with Gasteiger partial charge in [0.15, 0.2) is 0 Å². The van der Waals surface area contributed by atoms with E-state index in [1.165, 1.54) is 18.5 Å². The Kier molecular flexibility index (Phi) is 4.65. The largest absolute Gasteiger partial charge is 0.382 e. The van der Waals surface area contributed by atoms with E-state index < -0.39 is 0 Å². The molecule has 1 saturated carbocycles. The second kappa shape index (κ2) is 8.01. The number of nitrogens with zero attached hydrogens (tertiary/aromatic N) is 5. The van der Waals surface area contributed by atoms with E-state index in [9.17, 15) is 4.79 Å². The minimum absolute atomic E-state index is 0.0260. The van der Waals surface area contributed by atoms with Gasteiger partial charge < -0.3 is 25.0 Å². The average molecular weight is 466 g/mol. The molecule has 8 heteroatoms. The van der Waals surface area contributed by atoms with Crippen LogP contribution in [0.4, 0.5) is 22.9 Å². The van der Waals surface area contributed by atoms with Gasteiger partial charge in [-0.3, -0.25) is 4.79 Å². The number of nitrogens with one attached hydrogen (secondary N) is 2. The number of aromatic nitrogens is 3. The number of benzene rings is 2. The van der Waals surface area contributed by atoms with E-state index >= 15 is 0 Å². The number of rotatable bonds is 4. The Morgan fingerprint density at radius 1 is 0.943 bits per heavy atom. The molecule has 2 aliphatic heterocycles. The van der Waals surface area contributed by atoms with Gasteiger partial charge in [-0.15, -0.1) is 0 Å². The van der Waals surface area contributed by atoms with Crippen LogP contribution < -0.4 is 20.4 Å². The molecule has 176 valence electrons. The number of anilines is 4. The summed E-state index contributed by atoms with van der Waals surface area (Å²) >= 11 is 0. The fourth-order valence-corrected chi connectivity index (χ4v) is 5.14. The molecule has 0 spiro atoms. The number of hydrogen-bond donors (Lipinski definition) is 2. The number of fused-ring (bicyclic) bond motifs is 5. The maximum absolute atomic E-state index is 12.7. The van der Waals surface area contributed by atoms with E-state index in [2.05, 4.69) is 55.7 Å². The SMILES string of the molecule is O=C1Cn2c(nc3cc(N4CCN(c5ccccn5)CC4)ccc32)-c2cc(NC3CC3)ccc2N1. The normalized spacial score (nSPS) is 17.5. The van der Waals surface area contributed by atoms with Crippen LogP contribution in [0.25, 0.3) is 22.4 Å². The Bertz CT molecular complexity index is 1420. The lowest BCUT2D eigenvalue weighted by Crippen LogP contribution is -2.46. The van der Waals surface area contributed by atoms with Crippen molar-refractivity contribution in [2.24, 2.45) is 0 Å². The first-order valence-corrected chi connectivity index (χ1v) is 12.3. The van der Waals surface area contributed by atoms with Crippen LogP contribution in [0.2, 0.25) is 0 Å². The summed E-state index contributed by atoms with van der Waals surface area (Å²) in [5.74, 6) is 1.85. The molecule has 0 unspecified atom stereocenters. The molecule has 2 aromatic carbocycles. The van der Waals surface area contributed by atoms with Crippen molar-refractivity contribution in [3.05, 3.63) is 60.8 Å². The fourth-order valence-electron chi connectivity index (χ4n) is 5.14. The van der Waals surface area contributed by atoms with E-state index in [4.69, 9.17) is 4.98 Å². The number of carbonyl (C=O) groups is 1. The monoisotopic (exact) mass is 465 g/mol. The molecule has 4 aromatic rings. The molecule has 8 nitrogen and oxygen atoms in total. The third-order valence-electron chi connectivity index (χ3n) is 7.13. The van der Waals surface area contributed by atoms with Crippen molar-refractivity contribution in [2.45, 2.75) is 25.4 Å². The molecule has 0 atom stereocenters. The number of carbonyl (C=O) groups excluding carboxylic acids is 1. The van der Waals surface area contributed by atoms with Crippen molar-refractivity contribution in [1.82, 2.24) is 14.5 Å². The molecule has 35 heavy (non-hydrogen) atoms. The summed E-state index contributed by atoms with van der Waals surface area (Å²) in [6.07, 6.45) is 4.28. The molecule has 3 aliphatic rings. The van der Waals surface area contributed by atoms with E-state index in [1.807, 2.05) is 35.0 Å². The van der Waals surface area contributed by atoms with Crippen LogP contribution in [-0.2, 0) is 11.3 Å². The van der Waals surface area contributed by atoms with Gasteiger partial charge in [0.2, 0.25) is 5.91 Å². The minimum Gasteiger partial charge on any atom is -0.382 e. The van der Waals surface area contributed by atoms with Gasteiger partial charge in [0, 0.05) is 55.4 Å². The van der Waals surface area contributed by atoms with Gasteiger partial charge in [-0.05, 0) is 61.4 Å². The highest BCUT2D eigenvalue weighted by Gasteiger charge is 2.26. The molecule has 7 rings (SSSR count). The van der Waals surface area contributed by atoms with E-state index in [-0.39, 0.29) is 12.5 Å². The van der Waals surface area contributed by atoms with Crippen LogP contribution in [0.3, 0.4) is 0 Å². The van der Waals surface area contributed by atoms with Crippen LogP contribution in [0.15, 0.2) is 60.8 Å². The zero-order chi connectivity index (χ0) is 23.4. The standard InChI is InChI=1S/C27H27N7O/c35-26-17-34-24-9-7-20(32-11-13-33(14-12-32)25-3-1-2-10-28-25)16-23(24)31-27(34)21-15-19(29-18-4-5-18)6-8-22(21)30-26/h1-3,6-10,15-16,18,29H,4-5,11-14,17H2,(H,30,35). The van der Waals surface area contributed by atoms with Crippen LogP contribution in [0, 0.1) is 0 Å². The van der Waals surface area contributed by atoms with Crippen LogP contribution >= 0.6 is 0 Å². The zero-order valence-electron chi connectivity index (χ0n) is 19.4. The van der Waals surface area contributed by atoms with Gasteiger partial charge >= 0.3 is 0 Å². The zero-order valence-corrected chi connectivity index (χ0v) is 19.4. The second-order valence-corrected chi connectivity index (χ2v) is 9.58. The molecule has 0 radical (unpaired) electrons. The van der Waals surface area contributed by atoms with Crippen molar-refractivity contribution in [3.63, 3.8) is 0 Å². The molecule has 1 saturated heterocycles. The predicted octanol–water partition coefficient (Wildman–Crippen LogP) is 3.95. The van der Waals surface area contributed by atoms with Gasteiger partial charge in [0.25, 0.3) is 0 Å². The quantitative estimate of drug-likeness (QED) is 0.475. The van der Waals surface area contributed by atoms with Crippen LogP contribution in [0.1, 0.15) is 12.8 Å². The molecule has 4 heterocycles. The topological polar surface area (TPSA) is 78.3 Å². The number of pyridine rings is 1. The second-order valence-electron chi connectivity index (χ2n) is 9.58. The highest BCUT2D eigenvalue weighted by atomic mass is 16.2. The Labute approximate surface area is 203 Å². The summed E-state index contributed by atoms with van der Waals surface area (Å²) in [5.41, 5.74) is 5.93. The molecule has 2 fully saturated rings. The van der Waals surface area contributed by atoms with Crippen molar-refractivity contribution in [2.75, 3.05) is 46.6 Å². The lowest BCUT2D eigenvalue weighted by molar-refractivity contribution is -0.116. The van der Waals surface area contributed by atoms with Crippen LogP contribution in [0.5, 0.6) is 0 Å². The molecule has 2 N–H and O–H groups in total. The van der Waals surface area contributed by atoms with Gasteiger partial charge in [0.05, 0.1) is 16.7 Å². The fraction of sp³-hybridized carbons (Fsp3) is 0.296. The summed E-state index contributed by atoms with van der Waals surface area (Å²) in [7, 11) is 0. The van der Waals surface area contributed by atoms with Crippen molar-refractivity contribution in [3.8, 4) is 11.4 Å². The third kappa shape index (κ3) is 3.75. The maximum Gasteiger partial charge on any atom is 0.244 e. The summed E-state index contributed by atoms with van der Waals surface area (Å²) in [6, 6.07) is 19.2. The Balaban J connectivity index is 1.20. The highest BCUT2D eigenvalue weighted by molar-refractivity contribution is 6.00. The maximum atomic E-state index is 12.7. The predicted molar refractivity (Wildman–Crippen MR) is 139 cm³/mol. The molecule has 2 aromatic heterocycles. The summed E-state index contributed by atoms with van der Waals surface area (Å²) in [5, 5.41) is 6.62. The van der Waals surface area contributed by atoms with Crippen molar-refractivity contribution >= 4 is 39.8 Å². The summed E-state index contributed by atoms with van der Waals surface area (Å²) in [4.78, 5) is 27.0. The van der Waals surface area contributed by atoms with Crippen molar-refractivity contribution < 1.29 is 4.79 Å².